The minimum atomic E-state index is -0.154. The standard InChI is InChI=1S/C23H42N2O/c1-2-3-4-5-6-7-8-9-10-11-12-25(23(24)26)22-20-14-18-13-19(16-20)17-21(22)15-18/h18-22H,2-17H2,1H3,(H2,24,26). The minimum Gasteiger partial charge on any atom is -0.351 e. The lowest BCUT2D eigenvalue weighted by Gasteiger charge is -2.57. The van der Waals surface area contributed by atoms with Crippen LogP contribution in [0, 0.1) is 23.7 Å². The smallest absolute Gasteiger partial charge is 0.315 e. The monoisotopic (exact) mass is 362 g/mol. The van der Waals surface area contributed by atoms with Gasteiger partial charge in [0.15, 0.2) is 0 Å². The second-order valence-corrected chi connectivity index (χ2v) is 9.63. The van der Waals surface area contributed by atoms with Crippen molar-refractivity contribution in [3.63, 3.8) is 0 Å². The quantitative estimate of drug-likeness (QED) is 0.418. The first-order valence-corrected chi connectivity index (χ1v) is 11.7. The van der Waals surface area contributed by atoms with Crippen LogP contribution in [0.2, 0.25) is 0 Å². The SMILES string of the molecule is CCCCCCCCCCCCN(C(N)=O)C1C2CC3CC(C2)CC1C3. The summed E-state index contributed by atoms with van der Waals surface area (Å²) in [4.78, 5) is 14.3. The normalized spacial score (nSPS) is 32.1. The van der Waals surface area contributed by atoms with Crippen LogP contribution in [0.1, 0.15) is 103 Å². The largest absolute Gasteiger partial charge is 0.351 e. The molecule has 3 heteroatoms. The van der Waals surface area contributed by atoms with Crippen LogP contribution in [-0.2, 0) is 0 Å². The molecule has 4 aliphatic rings. The number of rotatable bonds is 12. The van der Waals surface area contributed by atoms with Gasteiger partial charge in [-0.15, -0.1) is 0 Å². The number of hydrogen-bond donors (Lipinski definition) is 1. The van der Waals surface area contributed by atoms with Gasteiger partial charge in [0, 0.05) is 12.6 Å². The lowest BCUT2D eigenvalue weighted by atomic mass is 9.54. The van der Waals surface area contributed by atoms with Crippen LogP contribution in [0.4, 0.5) is 4.79 Å². The highest BCUT2D eigenvalue weighted by atomic mass is 16.2. The van der Waals surface area contributed by atoms with Crippen LogP contribution in [0.15, 0.2) is 0 Å². The fourth-order valence-corrected chi connectivity index (χ4v) is 6.58. The third kappa shape index (κ3) is 5.16. The zero-order valence-corrected chi connectivity index (χ0v) is 17.1. The summed E-state index contributed by atoms with van der Waals surface area (Å²) in [6.07, 6.45) is 20.3. The van der Waals surface area contributed by atoms with E-state index in [-0.39, 0.29) is 6.03 Å². The van der Waals surface area contributed by atoms with E-state index in [1.165, 1.54) is 89.9 Å². The molecular formula is C23H42N2O. The predicted octanol–water partition coefficient (Wildman–Crippen LogP) is 6.11. The summed E-state index contributed by atoms with van der Waals surface area (Å²) in [6, 6.07) is 0.317. The highest BCUT2D eigenvalue weighted by Gasteiger charge is 2.50. The molecule has 0 unspecified atom stereocenters. The third-order valence-corrected chi connectivity index (χ3v) is 7.57. The van der Waals surface area contributed by atoms with Gasteiger partial charge in [0.05, 0.1) is 0 Å². The first-order chi connectivity index (χ1) is 12.7. The maximum Gasteiger partial charge on any atom is 0.315 e. The highest BCUT2D eigenvalue weighted by molar-refractivity contribution is 5.72. The molecule has 4 aliphatic carbocycles. The van der Waals surface area contributed by atoms with Crippen LogP contribution in [0.3, 0.4) is 0 Å². The van der Waals surface area contributed by atoms with Gasteiger partial charge in [0.1, 0.15) is 0 Å². The summed E-state index contributed by atoms with van der Waals surface area (Å²) in [5.74, 6) is 3.42. The molecule has 2 N–H and O–H groups in total. The van der Waals surface area contributed by atoms with E-state index in [9.17, 15) is 4.79 Å². The number of nitrogens with zero attached hydrogens (tertiary/aromatic N) is 1. The number of amides is 2. The van der Waals surface area contributed by atoms with Crippen molar-refractivity contribution in [2.45, 2.75) is 109 Å². The molecule has 2 amide bonds. The van der Waals surface area contributed by atoms with Gasteiger partial charge in [-0.3, -0.25) is 0 Å². The molecule has 0 saturated heterocycles. The summed E-state index contributed by atoms with van der Waals surface area (Å²) < 4.78 is 0. The molecular weight excluding hydrogens is 320 g/mol. The van der Waals surface area contributed by atoms with Crippen molar-refractivity contribution in [1.29, 1.82) is 0 Å². The molecule has 0 aliphatic heterocycles. The number of unbranched alkanes of at least 4 members (excludes halogenated alkanes) is 9. The topological polar surface area (TPSA) is 46.3 Å². The number of carbonyl (C=O) groups excluding carboxylic acids is 1. The molecule has 0 aromatic carbocycles. The van der Waals surface area contributed by atoms with Gasteiger partial charge >= 0.3 is 6.03 Å². The molecule has 150 valence electrons. The van der Waals surface area contributed by atoms with Crippen LogP contribution < -0.4 is 5.73 Å². The first kappa shape index (κ1) is 20.0. The zero-order valence-electron chi connectivity index (χ0n) is 17.1. The molecule has 0 heterocycles. The van der Waals surface area contributed by atoms with E-state index in [4.69, 9.17) is 5.73 Å². The van der Waals surface area contributed by atoms with Crippen LogP contribution in [-0.4, -0.2) is 23.5 Å². The predicted molar refractivity (Wildman–Crippen MR) is 109 cm³/mol. The minimum absolute atomic E-state index is 0.154. The summed E-state index contributed by atoms with van der Waals surface area (Å²) in [7, 11) is 0. The zero-order chi connectivity index (χ0) is 18.4. The van der Waals surface area contributed by atoms with Gasteiger partial charge in [-0.25, -0.2) is 4.79 Å². The average Bonchev–Trinajstić information content (AvgIpc) is 2.60. The molecule has 3 nitrogen and oxygen atoms in total. The van der Waals surface area contributed by atoms with Crippen molar-refractivity contribution < 1.29 is 4.79 Å². The van der Waals surface area contributed by atoms with Gasteiger partial charge in [-0.05, 0) is 62.2 Å². The van der Waals surface area contributed by atoms with Crippen LogP contribution in [0.5, 0.6) is 0 Å². The molecule has 4 bridgehead atoms. The number of carbonyl (C=O) groups is 1. The van der Waals surface area contributed by atoms with E-state index in [0.29, 0.717) is 6.04 Å². The Hall–Kier alpha value is -0.730. The first-order valence-electron chi connectivity index (χ1n) is 11.7. The number of urea groups is 1. The summed E-state index contributed by atoms with van der Waals surface area (Å²) in [5, 5.41) is 0. The molecule has 0 aromatic heterocycles. The van der Waals surface area contributed by atoms with Crippen molar-refractivity contribution >= 4 is 6.03 Å². The van der Waals surface area contributed by atoms with Gasteiger partial charge < -0.3 is 10.6 Å². The Kier molecular flexibility index (Phi) is 7.69. The van der Waals surface area contributed by atoms with Crippen molar-refractivity contribution in [1.82, 2.24) is 4.90 Å². The van der Waals surface area contributed by atoms with Crippen molar-refractivity contribution in [2.75, 3.05) is 6.54 Å². The number of primary amides is 1. The van der Waals surface area contributed by atoms with Gasteiger partial charge in [-0.2, -0.15) is 0 Å². The van der Waals surface area contributed by atoms with E-state index < -0.39 is 0 Å². The molecule has 0 radical (unpaired) electrons. The summed E-state index contributed by atoms with van der Waals surface area (Å²) in [5.41, 5.74) is 5.82. The van der Waals surface area contributed by atoms with E-state index >= 15 is 0 Å². The fourth-order valence-electron chi connectivity index (χ4n) is 6.58. The molecule has 4 saturated carbocycles. The Labute approximate surface area is 161 Å². The maximum absolute atomic E-state index is 12.2. The Morgan fingerprint density at radius 1 is 0.769 bits per heavy atom. The number of hydrogen-bond acceptors (Lipinski definition) is 1. The Bertz CT molecular complexity index is 408. The van der Waals surface area contributed by atoms with E-state index in [2.05, 4.69) is 11.8 Å². The maximum atomic E-state index is 12.2. The molecule has 0 aromatic rings. The molecule has 26 heavy (non-hydrogen) atoms. The summed E-state index contributed by atoms with van der Waals surface area (Å²) in [6.45, 7) is 3.18. The lowest BCUT2D eigenvalue weighted by molar-refractivity contribution is -0.0505. The van der Waals surface area contributed by atoms with Crippen molar-refractivity contribution in [3.05, 3.63) is 0 Å². The Balaban J connectivity index is 1.33. The van der Waals surface area contributed by atoms with Crippen LogP contribution in [0.25, 0.3) is 0 Å². The third-order valence-electron chi connectivity index (χ3n) is 7.57. The fraction of sp³-hybridized carbons (Fsp3) is 0.957. The Morgan fingerprint density at radius 2 is 1.23 bits per heavy atom. The van der Waals surface area contributed by atoms with E-state index in [1.54, 1.807) is 0 Å². The summed E-state index contributed by atoms with van der Waals surface area (Å²) >= 11 is 0. The van der Waals surface area contributed by atoms with Gasteiger partial charge in [0.25, 0.3) is 0 Å². The molecule has 0 spiro atoms. The molecule has 0 atom stereocenters. The second kappa shape index (κ2) is 9.99. The van der Waals surface area contributed by atoms with Gasteiger partial charge in [-0.1, -0.05) is 64.7 Å². The van der Waals surface area contributed by atoms with Crippen molar-refractivity contribution in [3.8, 4) is 0 Å². The van der Waals surface area contributed by atoms with E-state index in [0.717, 1.165) is 36.6 Å². The van der Waals surface area contributed by atoms with Crippen LogP contribution >= 0.6 is 0 Å². The lowest BCUT2D eigenvalue weighted by Crippen LogP contribution is -2.58. The van der Waals surface area contributed by atoms with E-state index in [1.807, 2.05) is 0 Å². The Morgan fingerprint density at radius 3 is 1.69 bits per heavy atom. The number of nitrogens with two attached hydrogens (primary N) is 1. The second-order valence-electron chi connectivity index (χ2n) is 9.63. The van der Waals surface area contributed by atoms with Gasteiger partial charge in [0.2, 0.25) is 0 Å². The molecule has 4 rings (SSSR count). The average molecular weight is 363 g/mol. The molecule has 4 fully saturated rings. The highest BCUT2D eigenvalue weighted by Crippen LogP contribution is 2.55. The van der Waals surface area contributed by atoms with Crippen molar-refractivity contribution in [2.24, 2.45) is 29.4 Å².